The molecule has 2 N–H and O–H groups in total. The van der Waals surface area contributed by atoms with Gasteiger partial charge in [0, 0.05) is 5.88 Å². The van der Waals surface area contributed by atoms with Crippen LogP contribution in [0.1, 0.15) is 6.92 Å². The average Bonchev–Trinajstić information content (AvgIpc) is 2.03. The minimum atomic E-state index is -3.35. The van der Waals surface area contributed by atoms with Gasteiger partial charge in [0.2, 0.25) is 0 Å². The van der Waals surface area contributed by atoms with Crippen LogP contribution in [0.2, 0.25) is 0 Å². The average molecular weight is 244 g/mol. The standard InChI is InChI=1S/C7H14ClNO4S/c1-2-13-7(10)6(9)5-14(11,12)4-3-8/h6H,2-5,9H2,1H3. The predicted molar refractivity (Wildman–Crippen MR) is 54.0 cm³/mol. The SMILES string of the molecule is CCOC(=O)C(N)CS(=O)(=O)CCCl. The summed E-state index contributed by atoms with van der Waals surface area (Å²) in [7, 11) is -3.35. The topological polar surface area (TPSA) is 86.5 Å². The maximum Gasteiger partial charge on any atom is 0.323 e. The molecule has 0 radical (unpaired) electrons. The van der Waals surface area contributed by atoms with Gasteiger partial charge in [0.25, 0.3) is 0 Å². The van der Waals surface area contributed by atoms with Crippen LogP contribution in [-0.2, 0) is 19.4 Å². The van der Waals surface area contributed by atoms with Crippen LogP contribution in [0.15, 0.2) is 0 Å². The first-order valence-electron chi connectivity index (χ1n) is 4.11. The van der Waals surface area contributed by atoms with E-state index in [2.05, 4.69) is 4.74 Å². The molecule has 0 saturated heterocycles. The zero-order valence-corrected chi connectivity index (χ0v) is 9.47. The molecule has 14 heavy (non-hydrogen) atoms. The Morgan fingerprint density at radius 2 is 2.14 bits per heavy atom. The molecule has 0 bridgehead atoms. The first-order valence-corrected chi connectivity index (χ1v) is 6.47. The van der Waals surface area contributed by atoms with Gasteiger partial charge in [0.1, 0.15) is 6.04 Å². The third-order valence-electron chi connectivity index (χ3n) is 1.41. The first-order chi connectivity index (χ1) is 6.43. The van der Waals surface area contributed by atoms with Crippen LogP contribution < -0.4 is 5.73 Å². The fourth-order valence-corrected chi connectivity index (χ4v) is 2.58. The first kappa shape index (κ1) is 13.7. The molecule has 0 amide bonds. The number of hydrogen-bond donors (Lipinski definition) is 1. The van der Waals surface area contributed by atoms with E-state index in [0.717, 1.165) is 0 Å². The molecule has 5 nitrogen and oxygen atoms in total. The van der Waals surface area contributed by atoms with Crippen molar-refractivity contribution in [3.8, 4) is 0 Å². The van der Waals surface area contributed by atoms with E-state index in [1.807, 2.05) is 0 Å². The highest BCUT2D eigenvalue weighted by Gasteiger charge is 2.22. The van der Waals surface area contributed by atoms with Crippen molar-refractivity contribution >= 4 is 27.4 Å². The molecule has 0 rings (SSSR count). The number of carbonyl (C=O) groups is 1. The van der Waals surface area contributed by atoms with E-state index in [1.165, 1.54) is 0 Å². The van der Waals surface area contributed by atoms with Crippen molar-refractivity contribution in [3.05, 3.63) is 0 Å². The second kappa shape index (κ2) is 6.21. The Morgan fingerprint density at radius 3 is 2.57 bits per heavy atom. The van der Waals surface area contributed by atoms with Gasteiger partial charge in [-0.05, 0) is 6.92 Å². The van der Waals surface area contributed by atoms with Crippen molar-refractivity contribution in [2.24, 2.45) is 5.73 Å². The van der Waals surface area contributed by atoms with Crippen LogP contribution >= 0.6 is 11.6 Å². The van der Waals surface area contributed by atoms with Crippen LogP contribution in [0.4, 0.5) is 0 Å². The summed E-state index contributed by atoms with van der Waals surface area (Å²) >= 11 is 5.27. The molecule has 0 aromatic heterocycles. The van der Waals surface area contributed by atoms with Gasteiger partial charge in [-0.2, -0.15) is 0 Å². The molecule has 0 saturated carbocycles. The number of sulfone groups is 1. The van der Waals surface area contributed by atoms with Gasteiger partial charge >= 0.3 is 5.97 Å². The van der Waals surface area contributed by atoms with E-state index in [9.17, 15) is 13.2 Å². The lowest BCUT2D eigenvalue weighted by atomic mass is 10.4. The third-order valence-corrected chi connectivity index (χ3v) is 3.52. The van der Waals surface area contributed by atoms with Crippen LogP contribution in [0.25, 0.3) is 0 Å². The van der Waals surface area contributed by atoms with Gasteiger partial charge in [0.15, 0.2) is 9.84 Å². The molecular weight excluding hydrogens is 230 g/mol. The molecule has 0 fully saturated rings. The Balaban J connectivity index is 4.17. The molecule has 1 unspecified atom stereocenters. The van der Waals surface area contributed by atoms with Gasteiger partial charge in [0.05, 0.1) is 18.1 Å². The van der Waals surface area contributed by atoms with Crippen LogP contribution in [0, 0.1) is 0 Å². The van der Waals surface area contributed by atoms with Crippen LogP contribution in [0.5, 0.6) is 0 Å². The third kappa shape index (κ3) is 5.41. The summed E-state index contributed by atoms with van der Waals surface area (Å²) in [5.41, 5.74) is 5.32. The van der Waals surface area contributed by atoms with Crippen molar-refractivity contribution in [3.63, 3.8) is 0 Å². The predicted octanol–water partition coefficient (Wildman–Crippen LogP) is -0.470. The van der Waals surface area contributed by atoms with E-state index < -0.39 is 27.6 Å². The Kier molecular flexibility index (Phi) is 6.06. The summed E-state index contributed by atoms with van der Waals surface area (Å²) in [5, 5.41) is 0. The normalized spacial score (nSPS) is 13.6. The van der Waals surface area contributed by atoms with Crippen molar-refractivity contribution in [1.29, 1.82) is 0 Å². The summed E-state index contributed by atoms with van der Waals surface area (Å²) < 4.78 is 26.9. The van der Waals surface area contributed by atoms with Gasteiger partial charge in [-0.25, -0.2) is 8.42 Å². The zero-order chi connectivity index (χ0) is 11.2. The molecule has 0 aliphatic carbocycles. The van der Waals surface area contributed by atoms with Crippen molar-refractivity contribution in [2.75, 3.05) is 24.0 Å². The molecule has 84 valence electrons. The summed E-state index contributed by atoms with van der Waals surface area (Å²) in [6, 6.07) is -1.12. The number of esters is 1. The lowest BCUT2D eigenvalue weighted by molar-refractivity contribution is -0.144. The zero-order valence-electron chi connectivity index (χ0n) is 7.90. The van der Waals surface area contributed by atoms with E-state index in [1.54, 1.807) is 6.92 Å². The summed E-state index contributed by atoms with van der Waals surface area (Å²) in [4.78, 5) is 11.0. The Bertz CT molecular complexity index is 277. The Hall–Kier alpha value is -0.330. The molecule has 0 aliphatic rings. The lowest BCUT2D eigenvalue weighted by Gasteiger charge is -2.09. The molecule has 1 atom stereocenters. The molecule has 0 spiro atoms. The Morgan fingerprint density at radius 1 is 1.57 bits per heavy atom. The van der Waals surface area contributed by atoms with Gasteiger partial charge < -0.3 is 10.5 Å². The Labute approximate surface area is 88.5 Å². The molecule has 0 heterocycles. The summed E-state index contributed by atoms with van der Waals surface area (Å²) in [5.74, 6) is -1.30. The van der Waals surface area contributed by atoms with E-state index in [-0.39, 0.29) is 18.2 Å². The van der Waals surface area contributed by atoms with Crippen LogP contribution in [0.3, 0.4) is 0 Å². The van der Waals surface area contributed by atoms with Gasteiger partial charge in [-0.3, -0.25) is 4.79 Å². The number of ether oxygens (including phenoxy) is 1. The fraction of sp³-hybridized carbons (Fsp3) is 0.857. The highest BCUT2D eigenvalue weighted by molar-refractivity contribution is 7.91. The van der Waals surface area contributed by atoms with Crippen molar-refractivity contribution in [2.45, 2.75) is 13.0 Å². The smallest absolute Gasteiger partial charge is 0.323 e. The summed E-state index contributed by atoms with van der Waals surface area (Å²) in [6.07, 6.45) is 0. The molecule has 0 aromatic rings. The highest BCUT2D eigenvalue weighted by atomic mass is 35.5. The molecule has 7 heteroatoms. The van der Waals surface area contributed by atoms with E-state index >= 15 is 0 Å². The molecular formula is C7H14ClNO4S. The lowest BCUT2D eigenvalue weighted by Crippen LogP contribution is -2.39. The number of halogens is 1. The number of nitrogens with two attached hydrogens (primary N) is 1. The monoisotopic (exact) mass is 243 g/mol. The van der Waals surface area contributed by atoms with E-state index in [4.69, 9.17) is 17.3 Å². The second-order valence-corrected chi connectivity index (χ2v) is 5.27. The molecule has 0 aromatic carbocycles. The quantitative estimate of drug-likeness (QED) is 0.504. The van der Waals surface area contributed by atoms with Gasteiger partial charge in [-0.15, -0.1) is 11.6 Å². The van der Waals surface area contributed by atoms with Crippen molar-refractivity contribution in [1.82, 2.24) is 0 Å². The number of hydrogen-bond acceptors (Lipinski definition) is 5. The molecule has 0 aliphatic heterocycles. The fourth-order valence-electron chi connectivity index (χ4n) is 0.792. The minimum absolute atomic E-state index is 0.00210. The van der Waals surface area contributed by atoms with E-state index in [0.29, 0.717) is 0 Å². The number of alkyl halides is 1. The summed E-state index contributed by atoms with van der Waals surface area (Å²) in [6.45, 7) is 1.81. The maximum atomic E-state index is 11.2. The van der Waals surface area contributed by atoms with Crippen molar-refractivity contribution < 1.29 is 17.9 Å². The number of rotatable bonds is 6. The van der Waals surface area contributed by atoms with Gasteiger partial charge in [-0.1, -0.05) is 0 Å². The number of carbonyl (C=O) groups excluding carboxylic acids is 1. The largest absolute Gasteiger partial charge is 0.465 e. The van der Waals surface area contributed by atoms with Crippen LogP contribution in [-0.4, -0.2) is 44.4 Å². The highest BCUT2D eigenvalue weighted by Crippen LogP contribution is 1.97. The second-order valence-electron chi connectivity index (χ2n) is 2.66. The minimum Gasteiger partial charge on any atom is -0.465 e. The maximum absolute atomic E-state index is 11.2.